The number of rotatable bonds is 5. The second-order valence-corrected chi connectivity index (χ2v) is 9.78. The molecule has 0 aliphatic carbocycles. The lowest BCUT2D eigenvalue weighted by molar-refractivity contribution is -0.130. The van der Waals surface area contributed by atoms with Crippen molar-refractivity contribution in [3.8, 4) is 17.2 Å². The van der Waals surface area contributed by atoms with E-state index in [1.54, 1.807) is 23.7 Å². The average Bonchev–Trinajstić information content (AvgIpc) is 3.44. The van der Waals surface area contributed by atoms with Gasteiger partial charge in [-0.05, 0) is 43.9 Å². The van der Waals surface area contributed by atoms with Gasteiger partial charge in [-0.2, -0.15) is 15.5 Å². The fraction of sp³-hybridized carbons (Fsp3) is 0.320. The number of amides is 1. The number of hydrogen-bond acceptors (Lipinski definition) is 6. The molecular weight excluding hydrogens is 465 g/mol. The second-order valence-electron chi connectivity index (χ2n) is 8.75. The predicted octanol–water partition coefficient (Wildman–Crippen LogP) is 4.32. The molecule has 1 fully saturated rings. The molecule has 0 spiro atoms. The molecule has 1 aliphatic rings. The van der Waals surface area contributed by atoms with E-state index in [-0.39, 0.29) is 10.9 Å². The molecule has 0 unspecified atom stereocenters. The highest BCUT2D eigenvalue weighted by atomic mass is 32.2. The van der Waals surface area contributed by atoms with Gasteiger partial charge in [-0.25, -0.2) is 13.9 Å². The molecule has 4 aromatic rings. The Hall–Kier alpha value is -3.71. The molecular formula is C25H24FN7OS. The minimum absolute atomic E-state index is 0.117. The summed E-state index contributed by atoms with van der Waals surface area (Å²) >= 11 is 1.17. The van der Waals surface area contributed by atoms with Gasteiger partial charge in [0.05, 0.1) is 23.5 Å². The number of likely N-dealkylation sites (tertiary alicyclic amines) is 1. The third kappa shape index (κ3) is 4.51. The van der Waals surface area contributed by atoms with Gasteiger partial charge in [0, 0.05) is 60.7 Å². The summed E-state index contributed by atoms with van der Waals surface area (Å²) in [5.74, 6) is 0.0468. The zero-order valence-electron chi connectivity index (χ0n) is 19.5. The number of halogens is 1. The molecule has 5 rings (SSSR count). The van der Waals surface area contributed by atoms with Gasteiger partial charge in [0.1, 0.15) is 11.1 Å². The Kier molecular flexibility index (Phi) is 6.26. The van der Waals surface area contributed by atoms with Crippen LogP contribution in [0.2, 0.25) is 0 Å². The first-order valence-electron chi connectivity index (χ1n) is 11.4. The quantitative estimate of drug-likeness (QED) is 0.415. The maximum Gasteiger partial charge on any atom is 0.219 e. The Morgan fingerprint density at radius 3 is 2.97 bits per heavy atom. The summed E-state index contributed by atoms with van der Waals surface area (Å²) in [4.78, 5) is 18.6. The molecule has 1 amide bonds. The number of nitrogens with zero attached hydrogens (tertiary/aromatic N) is 7. The zero-order valence-corrected chi connectivity index (χ0v) is 20.3. The highest BCUT2D eigenvalue weighted by Gasteiger charge is 2.23. The minimum atomic E-state index is -0.421. The van der Waals surface area contributed by atoms with E-state index in [0.29, 0.717) is 21.9 Å². The maximum atomic E-state index is 14.4. The van der Waals surface area contributed by atoms with Crippen molar-refractivity contribution in [1.82, 2.24) is 29.3 Å². The van der Waals surface area contributed by atoms with Gasteiger partial charge in [0.15, 0.2) is 5.82 Å². The van der Waals surface area contributed by atoms with Crippen molar-refractivity contribution in [2.24, 2.45) is 5.92 Å². The van der Waals surface area contributed by atoms with Gasteiger partial charge in [-0.15, -0.1) is 0 Å². The monoisotopic (exact) mass is 489 g/mol. The number of carbonyl (C=O) groups is 1. The summed E-state index contributed by atoms with van der Waals surface area (Å²) in [6.07, 6.45) is 8.80. The van der Waals surface area contributed by atoms with E-state index in [9.17, 15) is 14.4 Å². The van der Waals surface area contributed by atoms with E-state index in [0.717, 1.165) is 49.3 Å². The molecule has 1 atom stereocenters. The Labute approximate surface area is 206 Å². The molecule has 0 saturated carbocycles. The lowest BCUT2D eigenvalue weighted by Gasteiger charge is -2.32. The van der Waals surface area contributed by atoms with E-state index < -0.39 is 5.82 Å². The van der Waals surface area contributed by atoms with Crippen LogP contribution in [-0.2, 0) is 11.3 Å². The molecule has 5 heterocycles. The first-order chi connectivity index (χ1) is 16.9. The van der Waals surface area contributed by atoms with Crippen molar-refractivity contribution in [2.45, 2.75) is 43.2 Å². The van der Waals surface area contributed by atoms with Crippen molar-refractivity contribution < 1.29 is 9.18 Å². The Morgan fingerprint density at radius 1 is 1.34 bits per heavy atom. The highest BCUT2D eigenvalue weighted by Crippen LogP contribution is 2.36. The molecule has 10 heteroatoms. The van der Waals surface area contributed by atoms with Crippen molar-refractivity contribution in [2.75, 3.05) is 13.1 Å². The molecule has 178 valence electrons. The number of hydrogen-bond donors (Lipinski definition) is 0. The Balaban J connectivity index is 1.50. The second kappa shape index (κ2) is 9.50. The van der Waals surface area contributed by atoms with E-state index in [1.807, 2.05) is 35.0 Å². The standard InChI is InChI=1S/C25H24FN7OS/c1-16-21(12-30-32(16)14-18-5-4-8-31(13-18)17(2)34)19-9-23(35-25-22(26)6-3-7-28-25)24-20(10-27)11-29-33(24)15-19/h3,6-7,9,11-12,15,18H,4-5,8,13-14H2,1-2H3/t18-/m0/s1. The molecule has 0 N–H and O–H groups in total. The van der Waals surface area contributed by atoms with Gasteiger partial charge in [-0.1, -0.05) is 11.8 Å². The number of carbonyl (C=O) groups excluding carboxylic acids is 1. The van der Waals surface area contributed by atoms with Crippen LogP contribution in [0, 0.1) is 30.0 Å². The number of pyridine rings is 2. The van der Waals surface area contributed by atoms with Gasteiger partial charge < -0.3 is 4.90 Å². The molecule has 1 aliphatic heterocycles. The fourth-order valence-electron chi connectivity index (χ4n) is 4.60. The van der Waals surface area contributed by atoms with Crippen LogP contribution in [0.5, 0.6) is 0 Å². The van der Waals surface area contributed by atoms with Gasteiger partial charge >= 0.3 is 0 Å². The summed E-state index contributed by atoms with van der Waals surface area (Å²) in [6, 6.07) is 7.01. The largest absolute Gasteiger partial charge is 0.343 e. The first-order valence-corrected chi connectivity index (χ1v) is 12.2. The van der Waals surface area contributed by atoms with Crippen LogP contribution in [0.3, 0.4) is 0 Å². The number of nitriles is 1. The van der Waals surface area contributed by atoms with Crippen LogP contribution >= 0.6 is 11.8 Å². The molecule has 0 radical (unpaired) electrons. The Bertz CT molecular complexity index is 1450. The van der Waals surface area contributed by atoms with E-state index in [1.165, 1.54) is 24.0 Å². The average molecular weight is 490 g/mol. The Morgan fingerprint density at radius 2 is 2.20 bits per heavy atom. The first kappa shape index (κ1) is 23.1. The highest BCUT2D eigenvalue weighted by molar-refractivity contribution is 7.99. The van der Waals surface area contributed by atoms with Crippen LogP contribution in [0.1, 0.15) is 31.0 Å². The van der Waals surface area contributed by atoms with Crippen LogP contribution < -0.4 is 0 Å². The van der Waals surface area contributed by atoms with E-state index in [4.69, 9.17) is 0 Å². The number of aromatic nitrogens is 5. The topological polar surface area (TPSA) is 92.1 Å². The van der Waals surface area contributed by atoms with Crippen molar-refractivity contribution in [1.29, 1.82) is 5.26 Å². The number of fused-ring (bicyclic) bond motifs is 1. The summed E-state index contributed by atoms with van der Waals surface area (Å²) < 4.78 is 18.0. The van der Waals surface area contributed by atoms with Crippen LogP contribution in [0.4, 0.5) is 4.39 Å². The predicted molar refractivity (Wildman–Crippen MR) is 129 cm³/mol. The lowest BCUT2D eigenvalue weighted by Crippen LogP contribution is -2.40. The normalized spacial score (nSPS) is 15.9. The SMILES string of the molecule is CC(=O)N1CCC[C@H](Cn2ncc(-c3cc(Sc4ncccc4F)c4c(C#N)cnn4c3)c2C)C1. The van der Waals surface area contributed by atoms with Crippen molar-refractivity contribution >= 4 is 23.2 Å². The molecule has 1 saturated heterocycles. The van der Waals surface area contributed by atoms with E-state index >= 15 is 0 Å². The molecule has 4 aromatic heterocycles. The fourth-order valence-corrected chi connectivity index (χ4v) is 5.57. The van der Waals surface area contributed by atoms with Gasteiger partial charge in [0.2, 0.25) is 5.91 Å². The minimum Gasteiger partial charge on any atom is -0.343 e. The van der Waals surface area contributed by atoms with Crippen LogP contribution in [-0.4, -0.2) is 48.3 Å². The van der Waals surface area contributed by atoms with Crippen LogP contribution in [0.25, 0.3) is 16.6 Å². The molecule has 35 heavy (non-hydrogen) atoms. The van der Waals surface area contributed by atoms with Crippen LogP contribution in [0.15, 0.2) is 52.9 Å². The zero-order chi connectivity index (χ0) is 24.5. The lowest BCUT2D eigenvalue weighted by atomic mass is 9.98. The summed E-state index contributed by atoms with van der Waals surface area (Å²) in [6.45, 7) is 5.94. The smallest absolute Gasteiger partial charge is 0.219 e. The van der Waals surface area contributed by atoms with Crippen molar-refractivity contribution in [3.63, 3.8) is 0 Å². The van der Waals surface area contributed by atoms with Crippen molar-refractivity contribution in [3.05, 3.63) is 60.1 Å². The van der Waals surface area contributed by atoms with Gasteiger partial charge in [0.25, 0.3) is 0 Å². The van der Waals surface area contributed by atoms with Gasteiger partial charge in [-0.3, -0.25) is 9.48 Å². The van der Waals surface area contributed by atoms with E-state index in [2.05, 4.69) is 21.3 Å². The number of piperidine rings is 1. The molecule has 8 nitrogen and oxygen atoms in total. The molecule has 0 bridgehead atoms. The molecule has 0 aromatic carbocycles. The third-order valence-electron chi connectivity index (χ3n) is 6.44. The maximum absolute atomic E-state index is 14.4. The summed E-state index contributed by atoms with van der Waals surface area (Å²) in [5, 5.41) is 18.8. The third-order valence-corrected chi connectivity index (χ3v) is 7.46. The summed E-state index contributed by atoms with van der Waals surface area (Å²) in [5.41, 5.74) is 3.82. The summed E-state index contributed by atoms with van der Waals surface area (Å²) in [7, 11) is 0.